The summed E-state index contributed by atoms with van der Waals surface area (Å²) in [5.74, 6) is 0.212. The number of hydrogen-bond acceptors (Lipinski definition) is 4. The Hall–Kier alpha value is -2.54. The van der Waals surface area contributed by atoms with E-state index < -0.39 is 0 Å². The number of amides is 1. The van der Waals surface area contributed by atoms with Gasteiger partial charge in [-0.1, -0.05) is 29.8 Å². The highest BCUT2D eigenvalue weighted by Crippen LogP contribution is 2.30. The molecular formula is C18H20ClN5O2. The number of carbonyl (C=O) groups excluding carboxylic acids is 1. The number of aryl methyl sites for hydroxylation is 3. The van der Waals surface area contributed by atoms with Crippen molar-refractivity contribution in [1.82, 2.24) is 24.9 Å². The van der Waals surface area contributed by atoms with E-state index in [4.69, 9.17) is 16.3 Å². The van der Waals surface area contributed by atoms with Crippen LogP contribution in [-0.2, 0) is 13.1 Å². The van der Waals surface area contributed by atoms with E-state index in [2.05, 4.69) is 27.6 Å². The van der Waals surface area contributed by atoms with Gasteiger partial charge >= 0.3 is 0 Å². The lowest BCUT2D eigenvalue weighted by Gasteiger charge is -2.14. The summed E-state index contributed by atoms with van der Waals surface area (Å²) in [5, 5.41) is 13.2. The summed E-state index contributed by atoms with van der Waals surface area (Å²) in [6, 6.07) is 8.15. The number of nitrogens with zero attached hydrogens (tertiary/aromatic N) is 4. The summed E-state index contributed by atoms with van der Waals surface area (Å²) in [6.45, 7) is 4.57. The van der Waals surface area contributed by atoms with Crippen LogP contribution in [0, 0.1) is 6.92 Å². The summed E-state index contributed by atoms with van der Waals surface area (Å²) in [7, 11) is 0. The normalized spacial score (nSPS) is 13.5. The van der Waals surface area contributed by atoms with Crippen LogP contribution in [0.3, 0.4) is 0 Å². The van der Waals surface area contributed by atoms with Gasteiger partial charge in [0, 0.05) is 31.4 Å². The second kappa shape index (κ2) is 6.99. The molecular weight excluding hydrogens is 354 g/mol. The zero-order chi connectivity index (χ0) is 18.1. The number of halogens is 1. The van der Waals surface area contributed by atoms with Gasteiger partial charge in [0.2, 0.25) is 5.88 Å². The molecule has 3 heterocycles. The van der Waals surface area contributed by atoms with Crippen LogP contribution in [0.2, 0.25) is 5.02 Å². The highest BCUT2D eigenvalue weighted by atomic mass is 35.5. The average molecular weight is 374 g/mol. The molecule has 1 amide bonds. The number of fused-ring (bicyclic) bond motifs is 2. The molecule has 1 N–H and O–H groups in total. The van der Waals surface area contributed by atoms with Crippen LogP contribution in [0.4, 0.5) is 0 Å². The summed E-state index contributed by atoms with van der Waals surface area (Å²) < 4.78 is 9.12. The lowest BCUT2D eigenvalue weighted by molar-refractivity contribution is 0.0947. The first-order valence-corrected chi connectivity index (χ1v) is 9.12. The fourth-order valence-electron chi connectivity index (χ4n) is 3.22. The van der Waals surface area contributed by atoms with E-state index in [1.807, 2.05) is 23.7 Å². The quantitative estimate of drug-likeness (QED) is 0.698. The van der Waals surface area contributed by atoms with Gasteiger partial charge in [0.1, 0.15) is 5.02 Å². The van der Waals surface area contributed by atoms with Gasteiger partial charge in [-0.3, -0.25) is 9.48 Å². The van der Waals surface area contributed by atoms with Crippen LogP contribution in [-0.4, -0.2) is 38.6 Å². The van der Waals surface area contributed by atoms with Crippen LogP contribution >= 0.6 is 11.6 Å². The molecule has 0 unspecified atom stereocenters. The Balaban J connectivity index is 1.36. The first kappa shape index (κ1) is 16.9. The molecule has 3 aromatic rings. The number of para-hydroxylation sites is 1. The van der Waals surface area contributed by atoms with Gasteiger partial charge in [0.25, 0.3) is 5.91 Å². The first-order chi connectivity index (χ1) is 12.6. The van der Waals surface area contributed by atoms with Crippen molar-refractivity contribution in [2.45, 2.75) is 32.9 Å². The van der Waals surface area contributed by atoms with Crippen molar-refractivity contribution >= 4 is 28.4 Å². The smallest absolute Gasteiger partial charge is 0.273 e. The monoisotopic (exact) mass is 373 g/mol. The number of ether oxygens (including phenoxy) is 1. The van der Waals surface area contributed by atoms with E-state index in [1.54, 1.807) is 4.68 Å². The predicted molar refractivity (Wildman–Crippen MR) is 98.8 cm³/mol. The Morgan fingerprint density at radius 3 is 3.04 bits per heavy atom. The molecule has 2 aromatic heterocycles. The van der Waals surface area contributed by atoms with Crippen molar-refractivity contribution in [3.8, 4) is 5.88 Å². The molecule has 1 aromatic carbocycles. The Kier molecular flexibility index (Phi) is 4.55. The first-order valence-electron chi connectivity index (χ1n) is 8.74. The minimum atomic E-state index is -0.276. The van der Waals surface area contributed by atoms with E-state index in [0.717, 1.165) is 36.0 Å². The van der Waals surface area contributed by atoms with Gasteiger partial charge < -0.3 is 10.1 Å². The molecule has 0 saturated carbocycles. The average Bonchev–Trinajstić information content (AvgIpc) is 3.17. The van der Waals surface area contributed by atoms with E-state index in [9.17, 15) is 4.79 Å². The molecule has 8 heteroatoms. The van der Waals surface area contributed by atoms with Crippen molar-refractivity contribution in [3.05, 3.63) is 40.7 Å². The Morgan fingerprint density at radius 1 is 1.35 bits per heavy atom. The van der Waals surface area contributed by atoms with Gasteiger partial charge in [-0.15, -0.1) is 0 Å². The maximum absolute atomic E-state index is 12.4. The van der Waals surface area contributed by atoms with E-state index >= 15 is 0 Å². The molecule has 0 fully saturated rings. The van der Waals surface area contributed by atoms with Crippen LogP contribution < -0.4 is 10.1 Å². The molecule has 26 heavy (non-hydrogen) atoms. The van der Waals surface area contributed by atoms with Crippen LogP contribution in [0.1, 0.15) is 29.0 Å². The van der Waals surface area contributed by atoms with Gasteiger partial charge in [-0.05, 0) is 19.4 Å². The zero-order valence-electron chi connectivity index (χ0n) is 14.5. The molecule has 1 aliphatic rings. The molecule has 0 bridgehead atoms. The SMILES string of the molecule is Cc1nn(CCCNC(=O)c2nn3c(c2Cl)OCCC3)c2ccccc12. The molecule has 4 rings (SSSR count). The lowest BCUT2D eigenvalue weighted by atomic mass is 10.2. The number of carbonyl (C=O) groups is 1. The highest BCUT2D eigenvalue weighted by molar-refractivity contribution is 6.34. The second-order valence-corrected chi connectivity index (χ2v) is 6.71. The fraction of sp³-hybridized carbons (Fsp3) is 0.389. The van der Waals surface area contributed by atoms with Crippen molar-refractivity contribution in [2.75, 3.05) is 13.2 Å². The summed E-state index contributed by atoms with van der Waals surface area (Å²) >= 11 is 6.23. The third-order valence-corrected chi connectivity index (χ3v) is 4.83. The van der Waals surface area contributed by atoms with E-state index in [-0.39, 0.29) is 16.6 Å². The number of benzene rings is 1. The van der Waals surface area contributed by atoms with Crippen molar-refractivity contribution in [1.29, 1.82) is 0 Å². The maximum Gasteiger partial charge on any atom is 0.273 e. The van der Waals surface area contributed by atoms with Crippen molar-refractivity contribution in [3.63, 3.8) is 0 Å². The van der Waals surface area contributed by atoms with Crippen LogP contribution in [0.25, 0.3) is 10.9 Å². The molecule has 0 atom stereocenters. The summed E-state index contributed by atoms with van der Waals surface area (Å²) in [6.07, 6.45) is 1.63. The molecule has 0 aliphatic carbocycles. The topological polar surface area (TPSA) is 74.0 Å². The van der Waals surface area contributed by atoms with Gasteiger partial charge in [0.05, 0.1) is 17.8 Å². The standard InChI is InChI=1S/C18H20ClN5O2/c1-12-13-6-2-3-7-14(13)23(21-12)9-4-8-20-17(25)16-15(19)18-24(22-16)10-5-11-26-18/h2-3,6-7H,4-5,8-11H2,1H3,(H,20,25). The van der Waals surface area contributed by atoms with Gasteiger partial charge in [-0.25, -0.2) is 4.68 Å². The Labute approximate surface area is 155 Å². The molecule has 0 saturated heterocycles. The zero-order valence-corrected chi connectivity index (χ0v) is 15.3. The molecule has 1 aliphatic heterocycles. The van der Waals surface area contributed by atoms with Crippen molar-refractivity contribution < 1.29 is 9.53 Å². The van der Waals surface area contributed by atoms with E-state index in [1.165, 1.54) is 0 Å². The molecule has 136 valence electrons. The largest absolute Gasteiger partial charge is 0.477 e. The third-order valence-electron chi connectivity index (χ3n) is 4.49. The summed E-state index contributed by atoms with van der Waals surface area (Å²) in [4.78, 5) is 12.4. The molecule has 0 spiro atoms. The number of hydrogen-bond donors (Lipinski definition) is 1. The lowest BCUT2D eigenvalue weighted by Crippen LogP contribution is -2.26. The highest BCUT2D eigenvalue weighted by Gasteiger charge is 2.24. The number of nitrogens with one attached hydrogen (secondary N) is 1. The Morgan fingerprint density at radius 2 is 2.19 bits per heavy atom. The van der Waals surface area contributed by atoms with E-state index in [0.29, 0.717) is 25.6 Å². The Bertz CT molecular complexity index is 962. The molecule has 0 radical (unpaired) electrons. The number of aromatic nitrogens is 4. The van der Waals surface area contributed by atoms with Crippen LogP contribution in [0.5, 0.6) is 5.88 Å². The second-order valence-electron chi connectivity index (χ2n) is 6.33. The maximum atomic E-state index is 12.4. The molecule has 7 nitrogen and oxygen atoms in total. The number of rotatable bonds is 5. The minimum absolute atomic E-state index is 0.226. The minimum Gasteiger partial charge on any atom is -0.477 e. The third kappa shape index (κ3) is 3.03. The van der Waals surface area contributed by atoms with Gasteiger partial charge in [-0.2, -0.15) is 10.2 Å². The predicted octanol–water partition coefficient (Wildman–Crippen LogP) is 2.80. The van der Waals surface area contributed by atoms with Crippen LogP contribution in [0.15, 0.2) is 24.3 Å². The fourth-order valence-corrected chi connectivity index (χ4v) is 3.50. The van der Waals surface area contributed by atoms with Gasteiger partial charge in [0.15, 0.2) is 5.69 Å². The van der Waals surface area contributed by atoms with Crippen molar-refractivity contribution in [2.24, 2.45) is 0 Å². The summed E-state index contributed by atoms with van der Waals surface area (Å²) in [5.41, 5.74) is 2.35.